The molecule has 66 valence electrons. The second kappa shape index (κ2) is 3.52. The standard InChI is InChI=1S/C8H17NO2/c1-9-8(6-10)4-3-7(5-8)11-2/h7,9-10H,3-6H2,1-2H3. The van der Waals surface area contributed by atoms with Crippen LogP contribution in [0.5, 0.6) is 0 Å². The fraction of sp³-hybridized carbons (Fsp3) is 1.00. The lowest BCUT2D eigenvalue weighted by Gasteiger charge is -2.25. The lowest BCUT2D eigenvalue weighted by molar-refractivity contribution is 0.0901. The maximum Gasteiger partial charge on any atom is 0.0614 e. The van der Waals surface area contributed by atoms with Crippen molar-refractivity contribution in [1.82, 2.24) is 5.32 Å². The molecule has 0 radical (unpaired) electrons. The van der Waals surface area contributed by atoms with Crippen LogP contribution in [0.15, 0.2) is 0 Å². The molecule has 0 aliphatic heterocycles. The summed E-state index contributed by atoms with van der Waals surface area (Å²) < 4.78 is 5.22. The molecule has 0 aromatic heterocycles. The van der Waals surface area contributed by atoms with Gasteiger partial charge in [0.2, 0.25) is 0 Å². The maximum absolute atomic E-state index is 9.11. The average molecular weight is 159 g/mol. The molecule has 0 aromatic rings. The Labute approximate surface area is 67.7 Å². The van der Waals surface area contributed by atoms with Gasteiger partial charge in [0.25, 0.3) is 0 Å². The van der Waals surface area contributed by atoms with Crippen molar-refractivity contribution in [2.45, 2.75) is 30.9 Å². The molecule has 0 bridgehead atoms. The van der Waals surface area contributed by atoms with Crippen LogP contribution < -0.4 is 5.32 Å². The summed E-state index contributed by atoms with van der Waals surface area (Å²) in [6, 6.07) is 0. The van der Waals surface area contributed by atoms with Gasteiger partial charge in [-0.25, -0.2) is 0 Å². The number of methoxy groups -OCH3 is 1. The van der Waals surface area contributed by atoms with Crippen molar-refractivity contribution in [1.29, 1.82) is 0 Å². The van der Waals surface area contributed by atoms with E-state index < -0.39 is 0 Å². The SMILES string of the molecule is CNC1(CO)CCC(OC)C1. The summed E-state index contributed by atoms with van der Waals surface area (Å²) in [6.45, 7) is 0.212. The number of aliphatic hydroxyl groups is 1. The average Bonchev–Trinajstić information content (AvgIpc) is 2.49. The monoisotopic (exact) mass is 159 g/mol. The zero-order valence-electron chi connectivity index (χ0n) is 7.26. The molecule has 2 atom stereocenters. The summed E-state index contributed by atoms with van der Waals surface area (Å²) in [4.78, 5) is 0. The van der Waals surface area contributed by atoms with Gasteiger partial charge in [-0.3, -0.25) is 0 Å². The normalized spacial score (nSPS) is 37.9. The largest absolute Gasteiger partial charge is 0.394 e. The van der Waals surface area contributed by atoms with Gasteiger partial charge >= 0.3 is 0 Å². The predicted molar refractivity (Wildman–Crippen MR) is 43.5 cm³/mol. The Morgan fingerprint density at radius 3 is 2.73 bits per heavy atom. The van der Waals surface area contributed by atoms with E-state index in [1.807, 2.05) is 7.05 Å². The van der Waals surface area contributed by atoms with Gasteiger partial charge in [0.05, 0.1) is 12.7 Å². The fourth-order valence-corrected chi connectivity index (χ4v) is 1.73. The van der Waals surface area contributed by atoms with Gasteiger partial charge in [-0.1, -0.05) is 0 Å². The Balaban J connectivity index is 2.48. The third-order valence-electron chi connectivity index (χ3n) is 2.73. The van der Waals surface area contributed by atoms with Crippen molar-refractivity contribution < 1.29 is 9.84 Å². The van der Waals surface area contributed by atoms with E-state index in [2.05, 4.69) is 5.32 Å². The van der Waals surface area contributed by atoms with E-state index in [1.165, 1.54) is 0 Å². The molecular formula is C8H17NO2. The molecule has 0 heterocycles. The molecule has 0 aromatic carbocycles. The first kappa shape index (κ1) is 8.97. The number of hydrogen-bond donors (Lipinski definition) is 2. The summed E-state index contributed by atoms with van der Waals surface area (Å²) in [5, 5.41) is 12.3. The van der Waals surface area contributed by atoms with Gasteiger partial charge in [-0.2, -0.15) is 0 Å². The van der Waals surface area contributed by atoms with Crippen molar-refractivity contribution in [3.63, 3.8) is 0 Å². The van der Waals surface area contributed by atoms with Crippen LogP contribution in [0.2, 0.25) is 0 Å². The molecule has 1 aliphatic rings. The second-order valence-electron chi connectivity index (χ2n) is 3.29. The maximum atomic E-state index is 9.11. The number of ether oxygens (including phenoxy) is 1. The molecule has 2 unspecified atom stereocenters. The fourth-order valence-electron chi connectivity index (χ4n) is 1.73. The van der Waals surface area contributed by atoms with Crippen LogP contribution in [-0.4, -0.2) is 37.5 Å². The van der Waals surface area contributed by atoms with Crippen molar-refractivity contribution in [3.8, 4) is 0 Å². The van der Waals surface area contributed by atoms with Gasteiger partial charge in [0.15, 0.2) is 0 Å². The summed E-state index contributed by atoms with van der Waals surface area (Å²) >= 11 is 0. The smallest absolute Gasteiger partial charge is 0.0614 e. The van der Waals surface area contributed by atoms with Gasteiger partial charge in [0, 0.05) is 12.6 Å². The van der Waals surface area contributed by atoms with Crippen molar-refractivity contribution >= 4 is 0 Å². The van der Waals surface area contributed by atoms with Crippen molar-refractivity contribution in [3.05, 3.63) is 0 Å². The number of hydrogen-bond acceptors (Lipinski definition) is 3. The van der Waals surface area contributed by atoms with Crippen molar-refractivity contribution in [2.24, 2.45) is 0 Å². The van der Waals surface area contributed by atoms with E-state index in [4.69, 9.17) is 9.84 Å². The Morgan fingerprint density at radius 1 is 1.73 bits per heavy atom. The minimum absolute atomic E-state index is 0.0688. The molecule has 0 amide bonds. The molecule has 1 saturated carbocycles. The third kappa shape index (κ3) is 1.72. The Hall–Kier alpha value is -0.120. The van der Waals surface area contributed by atoms with Gasteiger partial charge in [0.1, 0.15) is 0 Å². The highest BCUT2D eigenvalue weighted by Gasteiger charge is 2.37. The van der Waals surface area contributed by atoms with E-state index in [0.29, 0.717) is 6.10 Å². The molecule has 3 nitrogen and oxygen atoms in total. The Kier molecular flexibility index (Phi) is 2.87. The van der Waals surface area contributed by atoms with Crippen LogP contribution in [0.25, 0.3) is 0 Å². The van der Waals surface area contributed by atoms with Gasteiger partial charge in [-0.15, -0.1) is 0 Å². The summed E-state index contributed by atoms with van der Waals surface area (Å²) in [7, 11) is 3.63. The van der Waals surface area contributed by atoms with Gasteiger partial charge < -0.3 is 15.2 Å². The van der Waals surface area contributed by atoms with Crippen LogP contribution in [0.4, 0.5) is 0 Å². The highest BCUT2D eigenvalue weighted by atomic mass is 16.5. The highest BCUT2D eigenvalue weighted by molar-refractivity contribution is 4.95. The molecular weight excluding hydrogens is 142 g/mol. The number of aliphatic hydroxyl groups excluding tert-OH is 1. The predicted octanol–water partition coefficient (Wildman–Crippen LogP) is 0.136. The van der Waals surface area contributed by atoms with E-state index in [9.17, 15) is 0 Å². The van der Waals surface area contributed by atoms with E-state index in [1.54, 1.807) is 7.11 Å². The summed E-state index contributed by atoms with van der Waals surface area (Å²) in [5.41, 5.74) is -0.0688. The van der Waals surface area contributed by atoms with Crippen LogP contribution in [0, 0.1) is 0 Å². The van der Waals surface area contributed by atoms with Crippen LogP contribution in [-0.2, 0) is 4.74 Å². The summed E-state index contributed by atoms with van der Waals surface area (Å²) in [6.07, 6.45) is 3.32. The first-order valence-corrected chi connectivity index (χ1v) is 4.09. The molecule has 11 heavy (non-hydrogen) atoms. The quantitative estimate of drug-likeness (QED) is 0.615. The van der Waals surface area contributed by atoms with E-state index in [-0.39, 0.29) is 12.1 Å². The number of likely N-dealkylation sites (N-methyl/N-ethyl adjacent to an activating group) is 1. The molecule has 1 rings (SSSR count). The first-order valence-electron chi connectivity index (χ1n) is 4.09. The molecule has 1 aliphatic carbocycles. The van der Waals surface area contributed by atoms with Gasteiger partial charge in [-0.05, 0) is 26.3 Å². The minimum Gasteiger partial charge on any atom is -0.394 e. The molecule has 0 spiro atoms. The molecule has 2 N–H and O–H groups in total. The topological polar surface area (TPSA) is 41.5 Å². The molecule has 3 heteroatoms. The zero-order chi connectivity index (χ0) is 8.32. The zero-order valence-corrected chi connectivity index (χ0v) is 7.26. The van der Waals surface area contributed by atoms with E-state index >= 15 is 0 Å². The Morgan fingerprint density at radius 2 is 2.45 bits per heavy atom. The first-order chi connectivity index (χ1) is 5.26. The van der Waals surface area contributed by atoms with Crippen LogP contribution in [0.1, 0.15) is 19.3 Å². The van der Waals surface area contributed by atoms with Crippen LogP contribution >= 0.6 is 0 Å². The second-order valence-corrected chi connectivity index (χ2v) is 3.29. The molecule has 0 saturated heterocycles. The van der Waals surface area contributed by atoms with Crippen LogP contribution in [0.3, 0.4) is 0 Å². The van der Waals surface area contributed by atoms with Crippen molar-refractivity contribution in [2.75, 3.05) is 20.8 Å². The highest BCUT2D eigenvalue weighted by Crippen LogP contribution is 2.30. The number of nitrogens with one attached hydrogen (secondary N) is 1. The lowest BCUT2D eigenvalue weighted by Crippen LogP contribution is -2.44. The number of rotatable bonds is 3. The minimum atomic E-state index is -0.0688. The summed E-state index contributed by atoms with van der Waals surface area (Å²) in [5.74, 6) is 0. The Bertz CT molecular complexity index is 123. The third-order valence-corrected chi connectivity index (χ3v) is 2.73. The van der Waals surface area contributed by atoms with E-state index in [0.717, 1.165) is 19.3 Å². The molecule has 1 fully saturated rings. The lowest BCUT2D eigenvalue weighted by atomic mass is 9.99.